The van der Waals surface area contributed by atoms with Gasteiger partial charge < -0.3 is 14.3 Å². The van der Waals surface area contributed by atoms with Crippen molar-refractivity contribution in [3.63, 3.8) is 0 Å². The molecule has 1 aromatic carbocycles. The lowest BCUT2D eigenvalue weighted by Crippen LogP contribution is -2.27. The zero-order valence-electron chi connectivity index (χ0n) is 11.4. The Hall–Kier alpha value is -1.39. The van der Waals surface area contributed by atoms with E-state index in [4.69, 9.17) is 9.15 Å². The second-order valence-electron chi connectivity index (χ2n) is 4.94. The Morgan fingerprint density at radius 2 is 2.05 bits per heavy atom. The van der Waals surface area contributed by atoms with Crippen LogP contribution in [0.25, 0.3) is 11.0 Å². The molecule has 2 aromatic rings. The number of aliphatic hydroxyl groups is 1. The Morgan fingerprint density at radius 3 is 2.68 bits per heavy atom. The van der Waals surface area contributed by atoms with Crippen molar-refractivity contribution < 1.29 is 18.7 Å². The van der Waals surface area contributed by atoms with Crippen LogP contribution in [-0.2, 0) is 4.74 Å². The zero-order valence-corrected chi connectivity index (χ0v) is 11.4. The molecule has 0 aliphatic carbocycles. The van der Waals surface area contributed by atoms with E-state index in [2.05, 4.69) is 0 Å². The fourth-order valence-corrected chi connectivity index (χ4v) is 2.18. The van der Waals surface area contributed by atoms with E-state index >= 15 is 0 Å². The molecule has 0 aliphatic rings. The smallest absolute Gasteiger partial charge is 0.138 e. The van der Waals surface area contributed by atoms with Gasteiger partial charge in [0.05, 0.1) is 6.10 Å². The second kappa shape index (κ2) is 5.72. The molecule has 104 valence electrons. The molecule has 3 nitrogen and oxygen atoms in total. The monoisotopic (exact) mass is 266 g/mol. The van der Waals surface area contributed by atoms with Gasteiger partial charge in [-0.05, 0) is 37.1 Å². The van der Waals surface area contributed by atoms with E-state index in [1.807, 2.05) is 20.8 Å². The molecule has 1 heterocycles. The van der Waals surface area contributed by atoms with Crippen LogP contribution in [0.15, 0.2) is 28.7 Å². The van der Waals surface area contributed by atoms with E-state index < -0.39 is 6.10 Å². The number of halogens is 1. The molecule has 2 rings (SSSR count). The molecule has 0 spiro atoms. The Kier molecular flexibility index (Phi) is 4.22. The van der Waals surface area contributed by atoms with Crippen molar-refractivity contribution in [2.45, 2.75) is 33.0 Å². The molecule has 1 N–H and O–H groups in total. The van der Waals surface area contributed by atoms with E-state index in [1.54, 1.807) is 12.1 Å². The Morgan fingerprint density at radius 1 is 1.32 bits per heavy atom. The number of rotatable bonds is 5. The summed E-state index contributed by atoms with van der Waals surface area (Å²) in [7, 11) is 0. The maximum atomic E-state index is 13.1. The van der Waals surface area contributed by atoms with Gasteiger partial charge in [0.1, 0.15) is 23.3 Å². The fourth-order valence-electron chi connectivity index (χ4n) is 2.18. The van der Waals surface area contributed by atoms with Gasteiger partial charge in [-0.1, -0.05) is 13.8 Å². The summed E-state index contributed by atoms with van der Waals surface area (Å²) in [6.07, 6.45) is -1.19. The van der Waals surface area contributed by atoms with Crippen LogP contribution in [0.4, 0.5) is 4.39 Å². The highest BCUT2D eigenvalue weighted by atomic mass is 19.1. The van der Waals surface area contributed by atoms with Gasteiger partial charge in [-0.15, -0.1) is 0 Å². The maximum absolute atomic E-state index is 13.1. The van der Waals surface area contributed by atoms with E-state index in [0.717, 1.165) is 0 Å². The van der Waals surface area contributed by atoms with Gasteiger partial charge >= 0.3 is 0 Å². The van der Waals surface area contributed by atoms with Crippen LogP contribution in [-0.4, -0.2) is 17.8 Å². The molecule has 2 unspecified atom stereocenters. The lowest BCUT2D eigenvalue weighted by atomic mass is 10.00. The summed E-state index contributed by atoms with van der Waals surface area (Å²) in [5.74, 6) is 0.243. The molecule has 0 amide bonds. The number of benzene rings is 1. The van der Waals surface area contributed by atoms with Crippen molar-refractivity contribution in [2.75, 3.05) is 6.61 Å². The molecule has 1 aromatic heterocycles. The highest BCUT2D eigenvalue weighted by Gasteiger charge is 2.27. The standard InChI is InChI=1S/C15H19FO3/c1-4-18-15(9(2)3)14(17)13-8-10-7-11(16)5-6-12(10)19-13/h5-9,14-15,17H,4H2,1-3H3. The summed E-state index contributed by atoms with van der Waals surface area (Å²) in [6, 6.07) is 5.95. The molecule has 19 heavy (non-hydrogen) atoms. The molecular formula is C15H19FO3. The third-order valence-corrected chi connectivity index (χ3v) is 3.12. The summed E-state index contributed by atoms with van der Waals surface area (Å²) < 4.78 is 24.2. The second-order valence-corrected chi connectivity index (χ2v) is 4.94. The van der Waals surface area contributed by atoms with E-state index in [1.165, 1.54) is 12.1 Å². The van der Waals surface area contributed by atoms with Crippen molar-refractivity contribution in [3.8, 4) is 0 Å². The number of hydrogen-bond donors (Lipinski definition) is 1. The fraction of sp³-hybridized carbons (Fsp3) is 0.467. The SMILES string of the molecule is CCOC(C(C)C)C(O)c1cc2cc(F)ccc2o1. The first-order chi connectivity index (χ1) is 9.02. The first-order valence-electron chi connectivity index (χ1n) is 6.51. The number of hydrogen-bond acceptors (Lipinski definition) is 3. The molecule has 0 radical (unpaired) electrons. The minimum atomic E-state index is -0.851. The predicted octanol–water partition coefficient (Wildman–Crippen LogP) is 3.67. The van der Waals surface area contributed by atoms with Gasteiger partial charge in [-0.3, -0.25) is 0 Å². The summed E-state index contributed by atoms with van der Waals surface area (Å²) >= 11 is 0. The van der Waals surface area contributed by atoms with Gasteiger partial charge in [0.15, 0.2) is 0 Å². The minimum Gasteiger partial charge on any atom is -0.458 e. The summed E-state index contributed by atoms with van der Waals surface area (Å²) in [6.45, 7) is 6.36. The van der Waals surface area contributed by atoms with Crippen LogP contribution >= 0.6 is 0 Å². The maximum Gasteiger partial charge on any atom is 0.138 e. The van der Waals surface area contributed by atoms with Crippen LogP contribution in [0, 0.1) is 11.7 Å². The number of fused-ring (bicyclic) bond motifs is 1. The van der Waals surface area contributed by atoms with E-state index in [-0.39, 0.29) is 17.8 Å². The van der Waals surface area contributed by atoms with Crippen molar-refractivity contribution in [3.05, 3.63) is 35.8 Å². The Balaban J connectivity index is 2.31. The summed E-state index contributed by atoms with van der Waals surface area (Å²) in [5.41, 5.74) is 0.564. The van der Waals surface area contributed by atoms with Crippen molar-refractivity contribution >= 4 is 11.0 Å². The predicted molar refractivity (Wildman–Crippen MR) is 71.4 cm³/mol. The first kappa shape index (κ1) is 14.0. The molecule has 0 fully saturated rings. The molecule has 0 saturated heterocycles. The Labute approximate surface area is 112 Å². The topological polar surface area (TPSA) is 42.6 Å². The van der Waals surface area contributed by atoms with Crippen LogP contribution in [0.2, 0.25) is 0 Å². The number of aliphatic hydroxyl groups excluding tert-OH is 1. The van der Waals surface area contributed by atoms with Gasteiger partial charge in [0.25, 0.3) is 0 Å². The van der Waals surface area contributed by atoms with Crippen LogP contribution in [0.5, 0.6) is 0 Å². The van der Waals surface area contributed by atoms with Crippen molar-refractivity contribution in [1.29, 1.82) is 0 Å². The van der Waals surface area contributed by atoms with Crippen LogP contribution in [0.3, 0.4) is 0 Å². The van der Waals surface area contributed by atoms with E-state index in [0.29, 0.717) is 23.3 Å². The summed E-state index contributed by atoms with van der Waals surface area (Å²) in [5, 5.41) is 11.0. The molecule has 0 aliphatic heterocycles. The van der Waals surface area contributed by atoms with Crippen molar-refractivity contribution in [2.24, 2.45) is 5.92 Å². The van der Waals surface area contributed by atoms with E-state index in [9.17, 15) is 9.50 Å². The molecule has 0 bridgehead atoms. The minimum absolute atomic E-state index is 0.153. The van der Waals surface area contributed by atoms with Gasteiger partial charge in [0.2, 0.25) is 0 Å². The third-order valence-electron chi connectivity index (χ3n) is 3.12. The zero-order chi connectivity index (χ0) is 14.0. The average Bonchev–Trinajstić information content (AvgIpc) is 2.77. The molecular weight excluding hydrogens is 247 g/mol. The molecule has 4 heteroatoms. The number of furan rings is 1. The van der Waals surface area contributed by atoms with Crippen LogP contribution in [0.1, 0.15) is 32.6 Å². The quantitative estimate of drug-likeness (QED) is 0.898. The van der Waals surface area contributed by atoms with Gasteiger partial charge in [0, 0.05) is 12.0 Å². The lowest BCUT2D eigenvalue weighted by Gasteiger charge is -2.24. The lowest BCUT2D eigenvalue weighted by molar-refractivity contribution is -0.0657. The highest BCUT2D eigenvalue weighted by Crippen LogP contribution is 2.30. The first-order valence-corrected chi connectivity index (χ1v) is 6.51. The van der Waals surface area contributed by atoms with Gasteiger partial charge in [-0.25, -0.2) is 4.39 Å². The third kappa shape index (κ3) is 2.96. The molecule has 2 atom stereocenters. The van der Waals surface area contributed by atoms with Gasteiger partial charge in [-0.2, -0.15) is 0 Å². The largest absolute Gasteiger partial charge is 0.458 e. The normalized spacial score (nSPS) is 15.1. The number of ether oxygens (including phenoxy) is 1. The highest BCUT2D eigenvalue weighted by molar-refractivity contribution is 5.77. The van der Waals surface area contributed by atoms with Crippen molar-refractivity contribution in [1.82, 2.24) is 0 Å². The molecule has 0 saturated carbocycles. The summed E-state index contributed by atoms with van der Waals surface area (Å²) in [4.78, 5) is 0. The van der Waals surface area contributed by atoms with Crippen LogP contribution < -0.4 is 0 Å². The Bertz CT molecular complexity index is 547. The average molecular weight is 266 g/mol.